The van der Waals surface area contributed by atoms with E-state index in [9.17, 15) is 45.6 Å². The van der Waals surface area contributed by atoms with Crippen LogP contribution in [0.4, 0.5) is 0 Å². The van der Waals surface area contributed by atoms with E-state index < -0.39 is 86.8 Å². The molecule has 2 rings (SSSR count). The first-order valence-corrected chi connectivity index (χ1v) is 34.3. The van der Waals surface area contributed by atoms with Gasteiger partial charge in [-0.3, -0.25) is 4.79 Å². The highest BCUT2D eigenvalue weighted by Crippen LogP contribution is 2.30. The van der Waals surface area contributed by atoms with Gasteiger partial charge >= 0.3 is 0 Å². The predicted molar refractivity (Wildman–Crippen MR) is 346 cm³/mol. The summed E-state index contributed by atoms with van der Waals surface area (Å²) in [7, 11) is 0. The molecular weight excluding hydrogens is 1070 g/mol. The molecule has 14 nitrogen and oxygen atoms in total. The topological polar surface area (TPSA) is 228 Å². The molecule has 0 saturated carbocycles. The lowest BCUT2D eigenvalue weighted by atomic mass is 9.97. The van der Waals surface area contributed by atoms with Gasteiger partial charge in [-0.15, -0.1) is 0 Å². The monoisotopic (exact) mass is 1200 g/mol. The molecule has 1 amide bonds. The molecule has 2 heterocycles. The molecule has 0 bridgehead atoms. The lowest BCUT2D eigenvalue weighted by Gasteiger charge is -2.46. The Labute approximate surface area is 516 Å². The Morgan fingerprint density at radius 1 is 0.435 bits per heavy atom. The molecule has 12 atom stereocenters. The SMILES string of the molecule is CC/C=C\C/C=C\C/C=C\C/C=C\C/C=C\CCCCCCCC(=O)NC(COC1OC(CO)C(OC2OC(CO)C(O)C(O)C2O)C(O)C1O)C(O)/C=C/CC/C=C/CCCCCCCCCCCCCCCCCCCCCCCCCC. The number of hydrogen-bond donors (Lipinski definition) is 9. The van der Waals surface area contributed by atoms with E-state index in [1.165, 1.54) is 154 Å². The summed E-state index contributed by atoms with van der Waals surface area (Å²) in [5.74, 6) is -0.269. The molecule has 0 aromatic carbocycles. The zero-order valence-corrected chi connectivity index (χ0v) is 53.3. The van der Waals surface area contributed by atoms with Crippen LogP contribution in [0.25, 0.3) is 0 Å². The fourth-order valence-corrected chi connectivity index (χ4v) is 10.9. The number of carbonyl (C=O) groups is 1. The van der Waals surface area contributed by atoms with Gasteiger partial charge in [-0.25, -0.2) is 0 Å². The van der Waals surface area contributed by atoms with Gasteiger partial charge in [-0.05, 0) is 77.0 Å². The van der Waals surface area contributed by atoms with Gasteiger partial charge in [0.15, 0.2) is 12.6 Å². The van der Waals surface area contributed by atoms with Crippen LogP contribution in [0.2, 0.25) is 0 Å². The average molecular weight is 1200 g/mol. The molecule has 0 spiro atoms. The van der Waals surface area contributed by atoms with Crippen LogP contribution >= 0.6 is 0 Å². The Morgan fingerprint density at radius 2 is 0.824 bits per heavy atom. The van der Waals surface area contributed by atoms with Gasteiger partial charge in [0, 0.05) is 6.42 Å². The number of aliphatic hydroxyl groups is 8. The average Bonchev–Trinajstić information content (AvgIpc) is 3.69. The minimum absolute atomic E-state index is 0.247. The van der Waals surface area contributed by atoms with Gasteiger partial charge in [-0.1, -0.05) is 266 Å². The molecule has 2 aliphatic rings. The van der Waals surface area contributed by atoms with Crippen LogP contribution in [0.1, 0.15) is 264 Å². The normalized spacial score (nSPS) is 24.1. The Kier molecular flexibility index (Phi) is 50.9. The molecule has 14 heteroatoms. The van der Waals surface area contributed by atoms with Crippen molar-refractivity contribution in [2.24, 2.45) is 0 Å². The molecule has 2 fully saturated rings. The summed E-state index contributed by atoms with van der Waals surface area (Å²) in [6, 6.07) is -0.949. The molecular formula is C71H125NO13. The summed E-state index contributed by atoms with van der Waals surface area (Å²) in [6.45, 7) is 2.67. The van der Waals surface area contributed by atoms with E-state index in [-0.39, 0.29) is 18.9 Å². The minimum atomic E-state index is -1.80. The molecule has 12 unspecified atom stereocenters. The van der Waals surface area contributed by atoms with E-state index in [0.717, 1.165) is 77.0 Å². The molecule has 0 aromatic heterocycles. The van der Waals surface area contributed by atoms with E-state index in [2.05, 4.69) is 92.1 Å². The molecule has 2 aliphatic heterocycles. The molecule has 85 heavy (non-hydrogen) atoms. The summed E-state index contributed by atoms with van der Waals surface area (Å²) in [5.41, 5.74) is 0. The van der Waals surface area contributed by atoms with Crippen LogP contribution in [-0.2, 0) is 23.7 Å². The number of amides is 1. The second-order valence-electron chi connectivity index (χ2n) is 23.9. The van der Waals surface area contributed by atoms with E-state index in [1.54, 1.807) is 6.08 Å². The first kappa shape index (κ1) is 78.3. The Balaban J connectivity index is 1.71. The molecule has 9 N–H and O–H groups in total. The van der Waals surface area contributed by atoms with Crippen molar-refractivity contribution in [2.75, 3.05) is 19.8 Å². The summed E-state index contributed by atoms with van der Waals surface area (Å²) in [6.07, 6.45) is 59.3. The lowest BCUT2D eigenvalue weighted by Crippen LogP contribution is -2.65. The minimum Gasteiger partial charge on any atom is -0.394 e. The summed E-state index contributed by atoms with van der Waals surface area (Å²) >= 11 is 0. The van der Waals surface area contributed by atoms with Crippen molar-refractivity contribution in [3.63, 3.8) is 0 Å². The van der Waals surface area contributed by atoms with Crippen molar-refractivity contribution in [2.45, 2.75) is 338 Å². The van der Waals surface area contributed by atoms with Gasteiger partial charge in [0.05, 0.1) is 32.0 Å². The van der Waals surface area contributed by atoms with Gasteiger partial charge in [0.1, 0.15) is 48.8 Å². The Hall–Kier alpha value is -2.83. The van der Waals surface area contributed by atoms with E-state index in [1.807, 2.05) is 6.08 Å². The maximum absolute atomic E-state index is 13.3. The van der Waals surface area contributed by atoms with Crippen molar-refractivity contribution in [1.29, 1.82) is 0 Å². The lowest BCUT2D eigenvalue weighted by molar-refractivity contribution is -0.359. The summed E-state index contributed by atoms with van der Waals surface area (Å²) in [4.78, 5) is 13.3. The molecule has 492 valence electrons. The second kappa shape index (κ2) is 55.3. The first-order chi connectivity index (χ1) is 41.6. The van der Waals surface area contributed by atoms with Crippen LogP contribution in [0, 0.1) is 0 Å². The van der Waals surface area contributed by atoms with E-state index >= 15 is 0 Å². The number of carbonyl (C=O) groups excluding carboxylic acids is 1. The highest BCUT2D eigenvalue weighted by atomic mass is 16.7. The highest BCUT2D eigenvalue weighted by molar-refractivity contribution is 5.76. The second-order valence-corrected chi connectivity index (χ2v) is 23.9. The van der Waals surface area contributed by atoms with Gasteiger partial charge in [0.2, 0.25) is 5.91 Å². The maximum atomic E-state index is 13.3. The molecule has 2 saturated heterocycles. The zero-order chi connectivity index (χ0) is 61.6. The first-order valence-electron chi connectivity index (χ1n) is 34.3. The number of rotatable bonds is 55. The smallest absolute Gasteiger partial charge is 0.220 e. The van der Waals surface area contributed by atoms with Gasteiger partial charge in [0.25, 0.3) is 0 Å². The maximum Gasteiger partial charge on any atom is 0.220 e. The number of nitrogens with one attached hydrogen (secondary N) is 1. The van der Waals surface area contributed by atoms with Crippen molar-refractivity contribution in [3.05, 3.63) is 85.1 Å². The van der Waals surface area contributed by atoms with Crippen molar-refractivity contribution < 1.29 is 64.6 Å². The fraction of sp³-hybridized carbons (Fsp3) is 0.789. The largest absolute Gasteiger partial charge is 0.394 e. The third-order valence-electron chi connectivity index (χ3n) is 16.3. The Morgan fingerprint density at radius 3 is 1.29 bits per heavy atom. The number of ether oxygens (including phenoxy) is 4. The van der Waals surface area contributed by atoms with Gasteiger partial charge in [-0.2, -0.15) is 0 Å². The Bertz CT molecular complexity index is 1750. The molecule has 0 aromatic rings. The fourth-order valence-electron chi connectivity index (χ4n) is 10.9. The summed E-state index contributed by atoms with van der Waals surface area (Å²) < 4.78 is 22.8. The van der Waals surface area contributed by atoms with Crippen LogP contribution in [0.15, 0.2) is 85.1 Å². The number of hydrogen-bond acceptors (Lipinski definition) is 13. The van der Waals surface area contributed by atoms with E-state index in [0.29, 0.717) is 12.8 Å². The molecule has 0 radical (unpaired) electrons. The van der Waals surface area contributed by atoms with Crippen LogP contribution in [-0.4, -0.2) is 140 Å². The van der Waals surface area contributed by atoms with Gasteiger partial charge < -0.3 is 65.1 Å². The summed E-state index contributed by atoms with van der Waals surface area (Å²) in [5, 5.41) is 87.3. The van der Waals surface area contributed by atoms with Crippen LogP contribution in [0.5, 0.6) is 0 Å². The predicted octanol–water partition coefficient (Wildman–Crippen LogP) is 13.6. The standard InChI is InChI=1S/C71H125NO13/c1-3-5-7-9-11-13-15-17-19-21-23-25-26-27-28-29-30-31-32-33-35-36-38-40-42-44-46-48-50-52-54-60(75)59(58-82-70-68(81)66(79)69(62(57-74)84-70)85-71-67(80)65(78)64(77)61(56-73)83-71)72-63(76)55-53-51-49-47-45-43-41-39-37-34-24-22-20-18-16-14-12-10-8-6-4-2/h6,8,12,14,18,20,24,34,39,41,44,46,52,54,59-62,64-71,73-75,77-81H,3-5,7,9-11,13,15-17,19,21-23,25-33,35-38,40,42-43,45,47-51,53,55-58H2,1-2H3,(H,72,76)/b8-6-,14-12-,20-18-,34-24-,41-39-,46-44+,54-52+. The van der Waals surface area contributed by atoms with Crippen LogP contribution < -0.4 is 5.32 Å². The van der Waals surface area contributed by atoms with Crippen LogP contribution in [0.3, 0.4) is 0 Å². The molecule has 0 aliphatic carbocycles. The van der Waals surface area contributed by atoms with Crippen molar-refractivity contribution in [3.8, 4) is 0 Å². The third-order valence-corrected chi connectivity index (χ3v) is 16.3. The zero-order valence-electron chi connectivity index (χ0n) is 53.3. The van der Waals surface area contributed by atoms with Crippen molar-refractivity contribution in [1.82, 2.24) is 5.32 Å². The quantitative estimate of drug-likeness (QED) is 0.0204. The third kappa shape index (κ3) is 39.7. The van der Waals surface area contributed by atoms with Crippen molar-refractivity contribution >= 4 is 5.91 Å². The number of unbranched alkanes of at least 4 members (excludes halogenated alkanes) is 30. The number of aliphatic hydroxyl groups excluding tert-OH is 8. The number of allylic oxidation sites excluding steroid dienone is 13. The highest BCUT2D eigenvalue weighted by Gasteiger charge is 2.51. The van der Waals surface area contributed by atoms with E-state index in [4.69, 9.17) is 18.9 Å².